The number of benzene rings is 2. The van der Waals surface area contributed by atoms with E-state index in [-0.39, 0.29) is 22.6 Å². The summed E-state index contributed by atoms with van der Waals surface area (Å²) in [6, 6.07) is 11.4. The fraction of sp³-hybridized carbons (Fsp3) is 0.133. The summed E-state index contributed by atoms with van der Waals surface area (Å²) in [6.07, 6.45) is -1.12. The fourth-order valence-electron chi connectivity index (χ4n) is 2.01. The van der Waals surface area contributed by atoms with Gasteiger partial charge >= 0.3 is 0 Å². The van der Waals surface area contributed by atoms with Gasteiger partial charge in [0.25, 0.3) is 0 Å². The van der Waals surface area contributed by atoms with Crippen LogP contribution in [0.25, 0.3) is 0 Å². The lowest BCUT2D eigenvalue weighted by Crippen LogP contribution is -2.15. The minimum atomic E-state index is -3.91. The van der Waals surface area contributed by atoms with Crippen molar-refractivity contribution >= 4 is 15.7 Å². The highest BCUT2D eigenvalue weighted by Gasteiger charge is 2.14. The van der Waals surface area contributed by atoms with Crippen LogP contribution in [0.2, 0.25) is 0 Å². The van der Waals surface area contributed by atoms with E-state index in [4.69, 9.17) is 10.4 Å². The molecule has 0 saturated heterocycles. The standard InChI is InChI=1S/C15H14FN3O3S/c16-13-4-2-1-3-12(13)15(20)9-19-14-6-5-11(23(18,21)22)7-10(14)8-17/h1-7,15,19-20H,9H2,(H2,18,21,22). The normalized spacial score (nSPS) is 12.4. The van der Waals surface area contributed by atoms with Gasteiger partial charge in [-0.15, -0.1) is 0 Å². The number of sulfonamides is 1. The van der Waals surface area contributed by atoms with Crippen molar-refractivity contribution in [2.75, 3.05) is 11.9 Å². The third-order valence-electron chi connectivity index (χ3n) is 3.19. The van der Waals surface area contributed by atoms with Gasteiger partial charge in [-0.3, -0.25) is 0 Å². The van der Waals surface area contributed by atoms with E-state index >= 15 is 0 Å². The number of aliphatic hydroxyl groups is 1. The van der Waals surface area contributed by atoms with Gasteiger partial charge < -0.3 is 10.4 Å². The molecule has 0 amide bonds. The van der Waals surface area contributed by atoms with Crippen LogP contribution in [0.3, 0.4) is 0 Å². The van der Waals surface area contributed by atoms with Gasteiger partial charge in [0.05, 0.1) is 22.3 Å². The lowest BCUT2D eigenvalue weighted by molar-refractivity contribution is 0.186. The molecular weight excluding hydrogens is 321 g/mol. The number of nitrogens with one attached hydrogen (secondary N) is 1. The van der Waals surface area contributed by atoms with Gasteiger partial charge in [-0.25, -0.2) is 17.9 Å². The predicted molar refractivity (Wildman–Crippen MR) is 82.4 cm³/mol. The molecule has 23 heavy (non-hydrogen) atoms. The molecule has 0 saturated carbocycles. The second kappa shape index (κ2) is 6.75. The zero-order chi connectivity index (χ0) is 17.0. The van der Waals surface area contributed by atoms with Crippen LogP contribution in [0.4, 0.5) is 10.1 Å². The molecule has 0 aromatic heterocycles. The third kappa shape index (κ3) is 4.04. The van der Waals surface area contributed by atoms with E-state index in [0.717, 1.165) is 6.07 Å². The average Bonchev–Trinajstić information content (AvgIpc) is 2.52. The second-order valence-electron chi connectivity index (χ2n) is 4.78. The Labute approximate surface area is 133 Å². The largest absolute Gasteiger partial charge is 0.386 e. The summed E-state index contributed by atoms with van der Waals surface area (Å²) in [7, 11) is -3.91. The smallest absolute Gasteiger partial charge is 0.238 e. The van der Waals surface area contributed by atoms with Gasteiger partial charge in [-0.2, -0.15) is 5.26 Å². The highest BCUT2D eigenvalue weighted by molar-refractivity contribution is 7.89. The molecule has 0 aliphatic carbocycles. The minimum Gasteiger partial charge on any atom is -0.386 e. The first-order valence-electron chi connectivity index (χ1n) is 6.56. The zero-order valence-electron chi connectivity index (χ0n) is 11.9. The SMILES string of the molecule is N#Cc1cc(S(N)(=O)=O)ccc1NCC(O)c1ccccc1F. The number of nitrogens with zero attached hydrogens (tertiary/aromatic N) is 1. The van der Waals surface area contributed by atoms with Crippen molar-refractivity contribution < 1.29 is 17.9 Å². The fourth-order valence-corrected chi connectivity index (χ4v) is 2.55. The summed E-state index contributed by atoms with van der Waals surface area (Å²) >= 11 is 0. The maximum Gasteiger partial charge on any atom is 0.238 e. The van der Waals surface area contributed by atoms with Crippen LogP contribution in [-0.2, 0) is 10.0 Å². The van der Waals surface area contributed by atoms with Crippen molar-refractivity contribution in [3.8, 4) is 6.07 Å². The topological polar surface area (TPSA) is 116 Å². The summed E-state index contributed by atoms with van der Waals surface area (Å²) < 4.78 is 36.1. The summed E-state index contributed by atoms with van der Waals surface area (Å²) in [4.78, 5) is -0.186. The molecule has 120 valence electrons. The van der Waals surface area contributed by atoms with Gasteiger partial charge in [-0.1, -0.05) is 18.2 Å². The molecule has 0 fully saturated rings. The first-order valence-corrected chi connectivity index (χ1v) is 8.11. The molecular formula is C15H14FN3O3S. The van der Waals surface area contributed by atoms with Crippen LogP contribution in [0.15, 0.2) is 47.4 Å². The first kappa shape index (κ1) is 16.9. The summed E-state index contributed by atoms with van der Waals surface area (Å²) in [6.45, 7) is -0.0513. The van der Waals surface area contributed by atoms with Crippen molar-refractivity contribution in [2.45, 2.75) is 11.0 Å². The lowest BCUT2D eigenvalue weighted by Gasteiger charge is -2.15. The van der Waals surface area contributed by atoms with Crippen molar-refractivity contribution in [2.24, 2.45) is 5.14 Å². The number of nitrogens with two attached hydrogens (primary N) is 1. The monoisotopic (exact) mass is 335 g/mol. The Hall–Kier alpha value is -2.47. The third-order valence-corrected chi connectivity index (χ3v) is 4.10. The van der Waals surface area contributed by atoms with Gasteiger partial charge in [0.1, 0.15) is 11.9 Å². The molecule has 2 aromatic rings. The van der Waals surface area contributed by atoms with Crippen LogP contribution >= 0.6 is 0 Å². The Kier molecular flexibility index (Phi) is 4.95. The lowest BCUT2D eigenvalue weighted by atomic mass is 10.1. The van der Waals surface area contributed by atoms with Crippen LogP contribution < -0.4 is 10.5 Å². The quantitative estimate of drug-likeness (QED) is 0.765. The number of hydrogen-bond acceptors (Lipinski definition) is 5. The van der Waals surface area contributed by atoms with Gasteiger partial charge in [0, 0.05) is 12.1 Å². The molecule has 0 aliphatic heterocycles. The zero-order valence-corrected chi connectivity index (χ0v) is 12.7. The Bertz CT molecular complexity index is 863. The van der Waals surface area contributed by atoms with E-state index in [2.05, 4.69) is 5.32 Å². The Morgan fingerprint density at radius 2 is 2.00 bits per heavy atom. The van der Waals surface area contributed by atoms with E-state index in [0.29, 0.717) is 5.69 Å². The number of hydrogen-bond donors (Lipinski definition) is 3. The number of nitriles is 1. The number of primary sulfonamides is 1. The van der Waals surface area contributed by atoms with E-state index < -0.39 is 21.9 Å². The minimum absolute atomic E-state index is 0.0513. The molecule has 0 bridgehead atoms. The molecule has 1 atom stereocenters. The van der Waals surface area contributed by atoms with Gasteiger partial charge in [-0.05, 0) is 24.3 Å². The Balaban J connectivity index is 2.18. The van der Waals surface area contributed by atoms with E-state index in [1.165, 1.54) is 30.3 Å². The molecule has 0 spiro atoms. The molecule has 6 nitrogen and oxygen atoms in total. The van der Waals surface area contributed by atoms with Crippen molar-refractivity contribution in [1.29, 1.82) is 5.26 Å². The second-order valence-corrected chi connectivity index (χ2v) is 6.34. The maximum absolute atomic E-state index is 13.6. The Morgan fingerprint density at radius 3 is 2.61 bits per heavy atom. The van der Waals surface area contributed by atoms with Crippen LogP contribution in [0.5, 0.6) is 0 Å². The van der Waals surface area contributed by atoms with Crippen LogP contribution in [0.1, 0.15) is 17.2 Å². The number of aliphatic hydroxyl groups excluding tert-OH is 1. The molecule has 1 unspecified atom stereocenters. The molecule has 4 N–H and O–H groups in total. The molecule has 2 rings (SSSR count). The van der Waals surface area contributed by atoms with Crippen molar-refractivity contribution in [3.63, 3.8) is 0 Å². The van der Waals surface area contributed by atoms with E-state index in [1.807, 2.05) is 6.07 Å². The molecule has 2 aromatic carbocycles. The maximum atomic E-state index is 13.6. The van der Waals surface area contributed by atoms with E-state index in [9.17, 15) is 17.9 Å². The van der Waals surface area contributed by atoms with Crippen LogP contribution in [-0.4, -0.2) is 20.1 Å². The summed E-state index contributed by atoms with van der Waals surface area (Å²) in [5, 5.41) is 26.9. The first-order chi connectivity index (χ1) is 10.8. The molecule has 0 aliphatic rings. The predicted octanol–water partition coefficient (Wildman–Crippen LogP) is 1.49. The highest BCUT2D eigenvalue weighted by atomic mass is 32.2. The van der Waals surface area contributed by atoms with Crippen LogP contribution in [0, 0.1) is 17.1 Å². The van der Waals surface area contributed by atoms with Crippen molar-refractivity contribution in [1.82, 2.24) is 0 Å². The van der Waals surface area contributed by atoms with E-state index in [1.54, 1.807) is 6.07 Å². The van der Waals surface area contributed by atoms with Crippen molar-refractivity contribution in [3.05, 3.63) is 59.4 Å². The number of rotatable bonds is 5. The summed E-state index contributed by atoms with van der Waals surface area (Å²) in [5.74, 6) is -0.535. The molecule has 0 radical (unpaired) electrons. The Morgan fingerprint density at radius 1 is 1.30 bits per heavy atom. The van der Waals surface area contributed by atoms with Gasteiger partial charge in [0.2, 0.25) is 10.0 Å². The average molecular weight is 335 g/mol. The molecule has 8 heteroatoms. The summed E-state index contributed by atoms with van der Waals surface area (Å²) in [5.41, 5.74) is 0.493. The molecule has 0 heterocycles. The van der Waals surface area contributed by atoms with Gasteiger partial charge in [0.15, 0.2) is 0 Å². The number of halogens is 1. The highest BCUT2D eigenvalue weighted by Crippen LogP contribution is 2.21. The number of anilines is 1.